The Morgan fingerprint density at radius 2 is 1.50 bits per heavy atom. The summed E-state index contributed by atoms with van der Waals surface area (Å²) in [5.41, 5.74) is 9.53. The first-order valence-corrected chi connectivity index (χ1v) is 8.65. The van der Waals surface area contributed by atoms with Gasteiger partial charge in [-0.15, -0.1) is 0 Å². The molecule has 0 aromatic heterocycles. The molecular weight excluding hydrogens is 292 g/mol. The number of anilines is 1. The van der Waals surface area contributed by atoms with Gasteiger partial charge in [0.2, 0.25) is 0 Å². The highest BCUT2D eigenvalue weighted by molar-refractivity contribution is 5.63. The third-order valence-electron chi connectivity index (χ3n) is 5.35. The van der Waals surface area contributed by atoms with Gasteiger partial charge in [-0.3, -0.25) is 0 Å². The lowest BCUT2D eigenvalue weighted by molar-refractivity contribution is 0.387. The minimum absolute atomic E-state index is 0.209. The molecule has 2 aliphatic rings. The summed E-state index contributed by atoms with van der Waals surface area (Å²) < 4.78 is 0. The van der Waals surface area contributed by atoms with Gasteiger partial charge in [0.1, 0.15) is 6.17 Å². The van der Waals surface area contributed by atoms with Gasteiger partial charge in [-0.1, -0.05) is 42.5 Å². The average molecular weight is 316 g/mol. The standard InChI is InChI=1S/C22H24N2/c1-15-9-5-6-12-19(15)24-18(4)20-13-8-14-23(20)22(24)21-16(2)10-7-11-17(21)3/h5-12,14,22H,13H2,1-4H3. The van der Waals surface area contributed by atoms with Gasteiger partial charge in [0.05, 0.1) is 0 Å². The van der Waals surface area contributed by atoms with Gasteiger partial charge < -0.3 is 9.80 Å². The highest BCUT2D eigenvalue weighted by atomic mass is 15.4. The van der Waals surface area contributed by atoms with E-state index in [9.17, 15) is 0 Å². The van der Waals surface area contributed by atoms with Crippen LogP contribution in [0.3, 0.4) is 0 Å². The number of hydrogen-bond acceptors (Lipinski definition) is 2. The smallest absolute Gasteiger partial charge is 0.136 e. The van der Waals surface area contributed by atoms with E-state index in [1.54, 1.807) is 0 Å². The van der Waals surface area contributed by atoms with Crippen LogP contribution in [0.4, 0.5) is 5.69 Å². The first-order valence-electron chi connectivity index (χ1n) is 8.65. The van der Waals surface area contributed by atoms with E-state index in [2.05, 4.69) is 92.2 Å². The van der Waals surface area contributed by atoms with Gasteiger partial charge >= 0.3 is 0 Å². The van der Waals surface area contributed by atoms with Crippen molar-refractivity contribution in [1.29, 1.82) is 0 Å². The molecule has 1 unspecified atom stereocenters. The van der Waals surface area contributed by atoms with Crippen LogP contribution < -0.4 is 4.90 Å². The molecule has 2 nitrogen and oxygen atoms in total. The monoisotopic (exact) mass is 316 g/mol. The van der Waals surface area contributed by atoms with Crippen LogP contribution in [0.1, 0.15) is 41.8 Å². The van der Waals surface area contributed by atoms with Gasteiger partial charge in [0.25, 0.3) is 0 Å². The number of rotatable bonds is 2. The maximum absolute atomic E-state index is 2.52. The Hall–Kier alpha value is -2.48. The Morgan fingerprint density at radius 1 is 0.833 bits per heavy atom. The molecule has 0 spiro atoms. The van der Waals surface area contributed by atoms with E-state index in [0.717, 1.165) is 6.42 Å². The fraction of sp³-hybridized carbons (Fsp3) is 0.273. The van der Waals surface area contributed by atoms with Crippen LogP contribution in [0.25, 0.3) is 0 Å². The lowest BCUT2D eigenvalue weighted by Crippen LogP contribution is -2.31. The van der Waals surface area contributed by atoms with Crippen molar-refractivity contribution in [3.8, 4) is 0 Å². The molecule has 122 valence electrons. The molecule has 24 heavy (non-hydrogen) atoms. The molecule has 0 saturated carbocycles. The lowest BCUT2D eigenvalue weighted by atomic mass is 9.98. The van der Waals surface area contributed by atoms with E-state index < -0.39 is 0 Å². The van der Waals surface area contributed by atoms with Crippen molar-refractivity contribution in [2.24, 2.45) is 0 Å². The molecule has 0 amide bonds. The van der Waals surface area contributed by atoms with Crippen LogP contribution in [0, 0.1) is 20.8 Å². The first-order chi connectivity index (χ1) is 11.6. The average Bonchev–Trinajstić information content (AvgIpc) is 3.12. The molecule has 2 heterocycles. The molecule has 4 rings (SSSR count). The predicted octanol–water partition coefficient (Wildman–Crippen LogP) is 5.58. The van der Waals surface area contributed by atoms with Gasteiger partial charge in [0.15, 0.2) is 0 Å². The highest BCUT2D eigenvalue weighted by Gasteiger charge is 2.39. The minimum atomic E-state index is 0.209. The molecule has 2 heteroatoms. The van der Waals surface area contributed by atoms with Crippen molar-refractivity contribution >= 4 is 5.69 Å². The van der Waals surface area contributed by atoms with E-state index in [0.29, 0.717) is 0 Å². The van der Waals surface area contributed by atoms with Crippen molar-refractivity contribution in [1.82, 2.24) is 4.90 Å². The number of fused-ring (bicyclic) bond motifs is 1. The summed E-state index contributed by atoms with van der Waals surface area (Å²) in [5, 5.41) is 0. The number of benzene rings is 2. The second kappa shape index (κ2) is 5.55. The maximum Gasteiger partial charge on any atom is 0.136 e. The zero-order chi connectivity index (χ0) is 16.8. The third kappa shape index (κ3) is 2.10. The highest BCUT2D eigenvalue weighted by Crippen LogP contribution is 2.48. The second-order valence-corrected chi connectivity index (χ2v) is 6.86. The van der Waals surface area contributed by atoms with Crippen LogP contribution in [-0.4, -0.2) is 4.90 Å². The number of nitrogens with zero attached hydrogens (tertiary/aromatic N) is 2. The summed E-state index contributed by atoms with van der Waals surface area (Å²) in [5.74, 6) is 0. The van der Waals surface area contributed by atoms with Crippen molar-refractivity contribution < 1.29 is 0 Å². The van der Waals surface area contributed by atoms with Crippen molar-refractivity contribution in [2.75, 3.05) is 4.90 Å². The van der Waals surface area contributed by atoms with Crippen LogP contribution in [0.5, 0.6) is 0 Å². The predicted molar refractivity (Wildman–Crippen MR) is 101 cm³/mol. The largest absolute Gasteiger partial charge is 0.325 e. The molecule has 0 saturated heterocycles. The Bertz CT molecular complexity index is 840. The van der Waals surface area contributed by atoms with Crippen molar-refractivity contribution in [3.63, 3.8) is 0 Å². The fourth-order valence-electron chi connectivity index (χ4n) is 4.13. The summed E-state index contributed by atoms with van der Waals surface area (Å²) >= 11 is 0. The van der Waals surface area contributed by atoms with Crippen molar-refractivity contribution in [2.45, 2.75) is 40.3 Å². The molecule has 2 aliphatic heterocycles. The van der Waals surface area contributed by atoms with E-state index in [-0.39, 0.29) is 6.17 Å². The molecule has 0 N–H and O–H groups in total. The quantitative estimate of drug-likeness (QED) is 0.713. The Labute approximate surface area is 144 Å². The topological polar surface area (TPSA) is 6.48 Å². The lowest BCUT2D eigenvalue weighted by Gasteiger charge is -2.35. The van der Waals surface area contributed by atoms with Crippen LogP contribution in [0.15, 0.2) is 66.1 Å². The van der Waals surface area contributed by atoms with Crippen LogP contribution in [0.2, 0.25) is 0 Å². The molecule has 0 aliphatic carbocycles. The van der Waals surface area contributed by atoms with Gasteiger partial charge in [-0.25, -0.2) is 0 Å². The molecular formula is C22H24N2. The summed E-state index contributed by atoms with van der Waals surface area (Å²) in [6.45, 7) is 8.92. The molecule has 0 fully saturated rings. The zero-order valence-corrected chi connectivity index (χ0v) is 14.9. The Kier molecular flexibility index (Phi) is 3.49. The van der Waals surface area contributed by atoms with E-state index in [4.69, 9.17) is 0 Å². The van der Waals surface area contributed by atoms with Gasteiger partial charge in [-0.05, 0) is 50.5 Å². The zero-order valence-electron chi connectivity index (χ0n) is 14.9. The molecule has 2 aromatic carbocycles. The normalized spacial score (nSPS) is 19.4. The number of allylic oxidation sites excluding steroid dienone is 2. The number of hydrogen-bond donors (Lipinski definition) is 0. The van der Waals surface area contributed by atoms with Crippen molar-refractivity contribution in [3.05, 3.63) is 88.4 Å². The second-order valence-electron chi connectivity index (χ2n) is 6.86. The summed E-state index contributed by atoms with van der Waals surface area (Å²) in [6.07, 6.45) is 5.76. The third-order valence-corrected chi connectivity index (χ3v) is 5.35. The summed E-state index contributed by atoms with van der Waals surface area (Å²) in [6, 6.07) is 15.3. The fourth-order valence-corrected chi connectivity index (χ4v) is 4.13. The van der Waals surface area contributed by atoms with Crippen LogP contribution in [-0.2, 0) is 0 Å². The minimum Gasteiger partial charge on any atom is -0.325 e. The van der Waals surface area contributed by atoms with Gasteiger partial charge in [-0.2, -0.15) is 0 Å². The first kappa shape index (κ1) is 15.1. The summed E-state index contributed by atoms with van der Waals surface area (Å²) in [7, 11) is 0. The molecule has 0 bridgehead atoms. The van der Waals surface area contributed by atoms with Gasteiger partial charge in [0, 0.05) is 35.3 Å². The van der Waals surface area contributed by atoms with E-state index >= 15 is 0 Å². The molecule has 2 aromatic rings. The summed E-state index contributed by atoms with van der Waals surface area (Å²) in [4.78, 5) is 4.97. The van der Waals surface area contributed by atoms with Crippen LogP contribution >= 0.6 is 0 Å². The maximum atomic E-state index is 2.52. The van der Waals surface area contributed by atoms with E-state index in [1.165, 1.54) is 39.3 Å². The van der Waals surface area contributed by atoms with E-state index in [1.807, 2.05) is 0 Å². The number of aryl methyl sites for hydroxylation is 3. The molecule has 0 radical (unpaired) electrons. The molecule has 1 atom stereocenters. The SMILES string of the molecule is CC1=C2CC=CN2C(c2c(C)cccc2C)N1c1ccccc1C. The Morgan fingerprint density at radius 3 is 2.21 bits per heavy atom. The number of para-hydroxylation sites is 1. The Balaban J connectivity index is 1.93.